The lowest BCUT2D eigenvalue weighted by Crippen LogP contribution is -2.29. The highest BCUT2D eigenvalue weighted by Crippen LogP contribution is 2.09. The van der Waals surface area contributed by atoms with Gasteiger partial charge in [-0.15, -0.1) is 11.3 Å². The predicted octanol–water partition coefficient (Wildman–Crippen LogP) is 2.97. The summed E-state index contributed by atoms with van der Waals surface area (Å²) < 4.78 is 0. The van der Waals surface area contributed by atoms with E-state index in [-0.39, 0.29) is 0 Å². The number of thiophene rings is 1. The zero-order valence-electron chi connectivity index (χ0n) is 9.35. The van der Waals surface area contributed by atoms with Gasteiger partial charge in [0.1, 0.15) is 0 Å². The molecule has 0 bridgehead atoms. The fraction of sp³-hybridized carbons (Fsp3) is 0.417. The first-order valence-electron chi connectivity index (χ1n) is 5.47. The lowest BCUT2D eigenvalue weighted by Gasteiger charge is -2.12. The van der Waals surface area contributed by atoms with E-state index < -0.39 is 0 Å². The second kappa shape index (κ2) is 6.13. The molecular formula is C12H16N2S2. The topological polar surface area (TPSA) is 24.9 Å². The van der Waals surface area contributed by atoms with Crippen LogP contribution in [0.15, 0.2) is 28.4 Å². The lowest BCUT2D eigenvalue weighted by molar-refractivity contribution is 0.548. The summed E-state index contributed by atoms with van der Waals surface area (Å²) in [7, 11) is 0. The van der Waals surface area contributed by atoms with Crippen LogP contribution < -0.4 is 5.32 Å². The number of aromatic nitrogens is 1. The second-order valence-electron chi connectivity index (χ2n) is 3.87. The van der Waals surface area contributed by atoms with Crippen molar-refractivity contribution in [1.82, 2.24) is 10.3 Å². The van der Waals surface area contributed by atoms with Crippen molar-refractivity contribution in [2.45, 2.75) is 25.8 Å². The van der Waals surface area contributed by atoms with Crippen LogP contribution in [0.4, 0.5) is 0 Å². The molecule has 0 radical (unpaired) electrons. The van der Waals surface area contributed by atoms with E-state index in [1.807, 2.05) is 11.6 Å². The van der Waals surface area contributed by atoms with Crippen molar-refractivity contribution in [3.8, 4) is 0 Å². The Kier molecular flexibility index (Phi) is 4.51. The van der Waals surface area contributed by atoms with Crippen molar-refractivity contribution >= 4 is 22.7 Å². The van der Waals surface area contributed by atoms with E-state index in [0.29, 0.717) is 6.04 Å². The zero-order chi connectivity index (χ0) is 11.2. The number of thiazole rings is 1. The Bertz CT molecular complexity index is 381. The van der Waals surface area contributed by atoms with Gasteiger partial charge in [0.2, 0.25) is 0 Å². The number of hydrogen-bond acceptors (Lipinski definition) is 4. The molecule has 0 saturated heterocycles. The summed E-state index contributed by atoms with van der Waals surface area (Å²) in [6.07, 6.45) is 4.02. The zero-order valence-corrected chi connectivity index (χ0v) is 11.0. The molecule has 0 aliphatic carbocycles. The summed E-state index contributed by atoms with van der Waals surface area (Å²) in [6.45, 7) is 3.25. The molecule has 16 heavy (non-hydrogen) atoms. The lowest BCUT2D eigenvalue weighted by atomic mass is 10.1. The molecule has 1 N–H and O–H groups in total. The van der Waals surface area contributed by atoms with Crippen LogP contribution in [0.2, 0.25) is 0 Å². The van der Waals surface area contributed by atoms with Crippen molar-refractivity contribution in [1.29, 1.82) is 0 Å². The van der Waals surface area contributed by atoms with Gasteiger partial charge in [-0.2, -0.15) is 11.3 Å². The van der Waals surface area contributed by atoms with E-state index in [2.05, 4.69) is 34.1 Å². The predicted molar refractivity (Wildman–Crippen MR) is 71.3 cm³/mol. The van der Waals surface area contributed by atoms with Crippen molar-refractivity contribution in [3.63, 3.8) is 0 Å². The van der Waals surface area contributed by atoms with E-state index in [4.69, 9.17) is 0 Å². The number of nitrogens with zero attached hydrogens (tertiary/aromatic N) is 1. The third-order valence-electron chi connectivity index (χ3n) is 2.44. The van der Waals surface area contributed by atoms with Crippen molar-refractivity contribution in [2.24, 2.45) is 0 Å². The number of rotatable bonds is 6. The van der Waals surface area contributed by atoms with Crippen LogP contribution in [-0.2, 0) is 12.8 Å². The molecule has 0 fully saturated rings. The molecule has 2 rings (SSSR count). The van der Waals surface area contributed by atoms with Crippen LogP contribution in [0.1, 0.15) is 17.5 Å². The Balaban J connectivity index is 1.66. The standard InChI is InChI=1S/C12H16N2S2/c1-10(8-11-3-6-15-9-11)13-4-2-12-14-5-7-16-12/h3,5-7,9-10,13H,2,4,8H2,1H3. The Hall–Kier alpha value is -0.710. The fourth-order valence-electron chi connectivity index (χ4n) is 1.64. The van der Waals surface area contributed by atoms with Gasteiger partial charge in [0.15, 0.2) is 0 Å². The van der Waals surface area contributed by atoms with Gasteiger partial charge in [0, 0.05) is 30.6 Å². The SMILES string of the molecule is CC(Cc1ccsc1)NCCc1nccs1. The average Bonchev–Trinajstić information content (AvgIpc) is 2.90. The third-order valence-corrected chi connectivity index (χ3v) is 4.01. The summed E-state index contributed by atoms with van der Waals surface area (Å²) in [5.41, 5.74) is 1.43. The summed E-state index contributed by atoms with van der Waals surface area (Å²) in [5, 5.41) is 11.1. The van der Waals surface area contributed by atoms with E-state index in [1.54, 1.807) is 22.7 Å². The number of hydrogen-bond donors (Lipinski definition) is 1. The van der Waals surface area contributed by atoms with Crippen LogP contribution in [-0.4, -0.2) is 17.6 Å². The molecular weight excluding hydrogens is 236 g/mol. The maximum Gasteiger partial charge on any atom is 0.0937 e. The van der Waals surface area contributed by atoms with E-state index in [0.717, 1.165) is 19.4 Å². The fourth-order valence-corrected chi connectivity index (χ4v) is 2.94. The highest BCUT2D eigenvalue weighted by atomic mass is 32.1. The molecule has 0 spiro atoms. The number of nitrogens with one attached hydrogen (secondary N) is 1. The van der Waals surface area contributed by atoms with Crippen LogP contribution >= 0.6 is 22.7 Å². The van der Waals surface area contributed by atoms with Crippen molar-refractivity contribution in [2.75, 3.05) is 6.54 Å². The quantitative estimate of drug-likeness (QED) is 0.855. The van der Waals surface area contributed by atoms with E-state index in [1.165, 1.54) is 10.6 Å². The van der Waals surface area contributed by atoms with Gasteiger partial charge >= 0.3 is 0 Å². The Morgan fingerprint density at radius 2 is 2.38 bits per heavy atom. The first kappa shape index (κ1) is 11.8. The van der Waals surface area contributed by atoms with Gasteiger partial charge in [-0.1, -0.05) is 0 Å². The molecule has 2 aromatic rings. The maximum absolute atomic E-state index is 4.27. The monoisotopic (exact) mass is 252 g/mol. The Labute approximate surface area is 104 Å². The minimum absolute atomic E-state index is 0.537. The highest BCUT2D eigenvalue weighted by Gasteiger charge is 2.03. The molecule has 0 aliphatic rings. The second-order valence-corrected chi connectivity index (χ2v) is 5.63. The average molecular weight is 252 g/mol. The molecule has 2 heterocycles. The van der Waals surface area contributed by atoms with Gasteiger partial charge in [0.05, 0.1) is 5.01 Å². The van der Waals surface area contributed by atoms with Crippen molar-refractivity contribution in [3.05, 3.63) is 39.0 Å². The van der Waals surface area contributed by atoms with Crippen LogP contribution in [0.3, 0.4) is 0 Å². The van der Waals surface area contributed by atoms with Crippen LogP contribution in [0.5, 0.6) is 0 Å². The molecule has 2 aromatic heterocycles. The third kappa shape index (κ3) is 3.70. The summed E-state index contributed by atoms with van der Waals surface area (Å²) in [4.78, 5) is 4.27. The Morgan fingerprint density at radius 3 is 3.06 bits per heavy atom. The van der Waals surface area contributed by atoms with E-state index in [9.17, 15) is 0 Å². The summed E-state index contributed by atoms with van der Waals surface area (Å²) >= 11 is 3.50. The van der Waals surface area contributed by atoms with Crippen LogP contribution in [0, 0.1) is 0 Å². The Morgan fingerprint density at radius 1 is 1.44 bits per heavy atom. The van der Waals surface area contributed by atoms with Gasteiger partial charge in [-0.3, -0.25) is 0 Å². The molecule has 86 valence electrons. The molecule has 1 atom stereocenters. The largest absolute Gasteiger partial charge is 0.314 e. The van der Waals surface area contributed by atoms with Gasteiger partial charge in [-0.25, -0.2) is 4.98 Å². The molecule has 0 aromatic carbocycles. The first-order chi connectivity index (χ1) is 7.84. The highest BCUT2D eigenvalue weighted by molar-refractivity contribution is 7.09. The van der Waals surface area contributed by atoms with Crippen LogP contribution in [0.25, 0.3) is 0 Å². The smallest absolute Gasteiger partial charge is 0.0937 e. The summed E-state index contributed by atoms with van der Waals surface area (Å²) in [6, 6.07) is 2.73. The minimum Gasteiger partial charge on any atom is -0.314 e. The van der Waals surface area contributed by atoms with E-state index >= 15 is 0 Å². The first-order valence-corrected chi connectivity index (χ1v) is 7.29. The molecule has 1 unspecified atom stereocenters. The molecule has 0 aliphatic heterocycles. The summed E-state index contributed by atoms with van der Waals surface area (Å²) in [5.74, 6) is 0. The maximum atomic E-state index is 4.27. The molecule has 0 amide bonds. The van der Waals surface area contributed by atoms with Gasteiger partial charge < -0.3 is 5.32 Å². The normalized spacial score (nSPS) is 12.8. The minimum atomic E-state index is 0.537. The molecule has 2 nitrogen and oxygen atoms in total. The van der Waals surface area contributed by atoms with Gasteiger partial charge in [0.25, 0.3) is 0 Å². The van der Waals surface area contributed by atoms with Gasteiger partial charge in [-0.05, 0) is 35.7 Å². The molecule has 4 heteroatoms. The van der Waals surface area contributed by atoms with Crippen molar-refractivity contribution < 1.29 is 0 Å². The molecule has 0 saturated carbocycles.